The van der Waals surface area contributed by atoms with Gasteiger partial charge in [-0.3, -0.25) is 0 Å². The molecule has 24 heavy (non-hydrogen) atoms. The van der Waals surface area contributed by atoms with Crippen LogP contribution in [0.25, 0.3) is 0 Å². The van der Waals surface area contributed by atoms with Crippen molar-refractivity contribution in [1.29, 1.82) is 0 Å². The Morgan fingerprint density at radius 3 is 1.79 bits per heavy atom. The lowest BCUT2D eigenvalue weighted by Gasteiger charge is -2.39. The summed E-state index contributed by atoms with van der Waals surface area (Å²) in [6, 6.07) is 8.13. The van der Waals surface area contributed by atoms with Crippen LogP contribution in [-0.2, 0) is 9.47 Å². The minimum atomic E-state index is -0.258. The lowest BCUT2D eigenvalue weighted by Crippen LogP contribution is -2.37. The van der Waals surface area contributed by atoms with E-state index < -0.39 is 0 Å². The molecule has 0 aromatic heterocycles. The average Bonchev–Trinajstić information content (AvgIpc) is 2.44. The van der Waals surface area contributed by atoms with E-state index in [0.717, 1.165) is 11.3 Å². The van der Waals surface area contributed by atoms with Crippen LogP contribution in [-0.4, -0.2) is 20.0 Å². The Labute approximate surface area is 148 Å². The summed E-state index contributed by atoms with van der Waals surface area (Å²) < 4.78 is 17.9. The van der Waals surface area contributed by atoms with Crippen molar-refractivity contribution in [2.75, 3.05) is 13.7 Å². The molecule has 0 aliphatic rings. The van der Waals surface area contributed by atoms with Gasteiger partial charge in [0.05, 0.1) is 19.8 Å². The van der Waals surface area contributed by atoms with Gasteiger partial charge in [0, 0.05) is 5.41 Å². The third kappa shape index (κ3) is 6.45. The second-order valence-electron chi connectivity index (χ2n) is 9.08. The van der Waals surface area contributed by atoms with Gasteiger partial charge in [0.2, 0.25) is 0 Å². The summed E-state index contributed by atoms with van der Waals surface area (Å²) in [5.41, 5.74) is 1.01. The molecular weight excluding hydrogens is 300 g/mol. The lowest BCUT2D eigenvalue weighted by atomic mass is 9.84. The summed E-state index contributed by atoms with van der Waals surface area (Å²) >= 11 is 0. The number of benzene rings is 1. The van der Waals surface area contributed by atoms with E-state index in [0.29, 0.717) is 12.5 Å². The highest BCUT2D eigenvalue weighted by atomic mass is 16.7. The SMILES string of the molecule is COc1ccc(C(OC(OCC(C)C)C(C)(C)C)C(C)(C)C)cc1. The fourth-order valence-electron chi connectivity index (χ4n) is 2.46. The Balaban J connectivity index is 3.05. The van der Waals surface area contributed by atoms with Gasteiger partial charge in [-0.15, -0.1) is 0 Å². The maximum atomic E-state index is 6.53. The standard InChI is InChI=1S/C21H36O3/c1-15(2)14-23-19(21(6,7)8)24-18(20(3,4)5)16-10-12-17(22-9)13-11-16/h10-13,15,18-19H,14H2,1-9H3. The molecule has 0 aliphatic heterocycles. The molecule has 0 fully saturated rings. The van der Waals surface area contributed by atoms with Crippen molar-refractivity contribution >= 4 is 0 Å². The highest BCUT2D eigenvalue weighted by Crippen LogP contribution is 2.40. The molecule has 138 valence electrons. The summed E-state index contributed by atoms with van der Waals surface area (Å²) in [5.74, 6) is 1.34. The Bertz CT molecular complexity index is 477. The molecule has 0 N–H and O–H groups in total. The lowest BCUT2D eigenvalue weighted by molar-refractivity contribution is -0.240. The third-order valence-corrected chi connectivity index (χ3v) is 3.75. The predicted octanol–water partition coefficient (Wildman–Crippen LogP) is 5.84. The van der Waals surface area contributed by atoms with E-state index in [1.165, 1.54) is 0 Å². The predicted molar refractivity (Wildman–Crippen MR) is 100 cm³/mol. The van der Waals surface area contributed by atoms with E-state index in [9.17, 15) is 0 Å². The Kier molecular flexibility index (Phi) is 7.30. The molecule has 3 heteroatoms. The number of hydrogen-bond acceptors (Lipinski definition) is 3. The first-order valence-electron chi connectivity index (χ1n) is 8.86. The molecule has 0 saturated heterocycles. The minimum Gasteiger partial charge on any atom is -0.497 e. The molecule has 2 atom stereocenters. The monoisotopic (exact) mass is 336 g/mol. The quantitative estimate of drug-likeness (QED) is 0.585. The van der Waals surface area contributed by atoms with Crippen molar-refractivity contribution < 1.29 is 14.2 Å². The molecule has 0 heterocycles. The molecule has 2 unspecified atom stereocenters. The highest BCUT2D eigenvalue weighted by Gasteiger charge is 2.35. The van der Waals surface area contributed by atoms with Gasteiger partial charge < -0.3 is 14.2 Å². The third-order valence-electron chi connectivity index (χ3n) is 3.75. The molecule has 1 rings (SSSR count). The van der Waals surface area contributed by atoms with Crippen molar-refractivity contribution in [3.63, 3.8) is 0 Å². The van der Waals surface area contributed by atoms with Gasteiger partial charge in [-0.1, -0.05) is 67.5 Å². The zero-order chi connectivity index (χ0) is 18.5. The van der Waals surface area contributed by atoms with E-state index in [-0.39, 0.29) is 23.2 Å². The Morgan fingerprint density at radius 1 is 0.875 bits per heavy atom. The van der Waals surface area contributed by atoms with Gasteiger partial charge in [-0.05, 0) is 29.0 Å². The fraction of sp³-hybridized carbons (Fsp3) is 0.714. The Hall–Kier alpha value is -1.06. The van der Waals surface area contributed by atoms with Crippen LogP contribution in [0.2, 0.25) is 0 Å². The fourth-order valence-corrected chi connectivity index (χ4v) is 2.46. The zero-order valence-corrected chi connectivity index (χ0v) is 17.0. The zero-order valence-electron chi connectivity index (χ0n) is 17.0. The smallest absolute Gasteiger partial charge is 0.163 e. The summed E-state index contributed by atoms with van der Waals surface area (Å²) in [6.07, 6.45) is -0.314. The molecular formula is C21H36O3. The highest BCUT2D eigenvalue weighted by molar-refractivity contribution is 5.29. The van der Waals surface area contributed by atoms with Crippen LogP contribution in [0.1, 0.15) is 67.1 Å². The van der Waals surface area contributed by atoms with Gasteiger partial charge >= 0.3 is 0 Å². The van der Waals surface area contributed by atoms with Crippen LogP contribution >= 0.6 is 0 Å². The molecule has 0 aliphatic carbocycles. The van der Waals surface area contributed by atoms with E-state index in [2.05, 4.69) is 67.5 Å². The first-order chi connectivity index (χ1) is 10.9. The summed E-state index contributed by atoms with van der Waals surface area (Å²) in [5, 5.41) is 0. The average molecular weight is 337 g/mol. The van der Waals surface area contributed by atoms with Crippen molar-refractivity contribution in [2.45, 2.75) is 67.8 Å². The van der Waals surface area contributed by atoms with E-state index in [1.807, 2.05) is 12.1 Å². The van der Waals surface area contributed by atoms with Crippen LogP contribution in [0.3, 0.4) is 0 Å². The molecule has 0 bridgehead atoms. The molecule has 1 aromatic carbocycles. The summed E-state index contributed by atoms with van der Waals surface area (Å²) in [4.78, 5) is 0. The summed E-state index contributed by atoms with van der Waals surface area (Å²) in [7, 11) is 1.68. The molecule has 0 radical (unpaired) electrons. The second-order valence-corrected chi connectivity index (χ2v) is 9.08. The van der Waals surface area contributed by atoms with E-state index in [1.54, 1.807) is 7.11 Å². The van der Waals surface area contributed by atoms with E-state index in [4.69, 9.17) is 14.2 Å². The van der Waals surface area contributed by atoms with Gasteiger partial charge in [-0.25, -0.2) is 0 Å². The number of rotatable bonds is 7. The van der Waals surface area contributed by atoms with Crippen molar-refractivity contribution in [2.24, 2.45) is 16.7 Å². The maximum Gasteiger partial charge on any atom is 0.163 e. The first kappa shape index (κ1) is 21.0. The summed E-state index contributed by atoms with van der Waals surface area (Å²) in [6.45, 7) is 18.1. The molecule has 3 nitrogen and oxygen atoms in total. The molecule has 0 saturated carbocycles. The van der Waals surface area contributed by atoms with Gasteiger partial charge in [0.15, 0.2) is 6.29 Å². The number of ether oxygens (including phenoxy) is 3. The van der Waals surface area contributed by atoms with Crippen LogP contribution in [0, 0.1) is 16.7 Å². The Morgan fingerprint density at radius 2 is 1.42 bits per heavy atom. The number of hydrogen-bond donors (Lipinski definition) is 0. The van der Waals surface area contributed by atoms with Crippen LogP contribution in [0.5, 0.6) is 5.75 Å². The maximum absolute atomic E-state index is 6.53. The normalized spacial score (nSPS) is 15.4. The van der Waals surface area contributed by atoms with Crippen LogP contribution in [0.4, 0.5) is 0 Å². The van der Waals surface area contributed by atoms with E-state index >= 15 is 0 Å². The first-order valence-corrected chi connectivity index (χ1v) is 8.86. The molecule has 1 aromatic rings. The molecule has 0 amide bonds. The van der Waals surface area contributed by atoms with Crippen LogP contribution < -0.4 is 4.74 Å². The molecule has 0 spiro atoms. The topological polar surface area (TPSA) is 27.7 Å². The van der Waals surface area contributed by atoms with Gasteiger partial charge in [-0.2, -0.15) is 0 Å². The number of methoxy groups -OCH3 is 1. The van der Waals surface area contributed by atoms with Gasteiger partial charge in [0.25, 0.3) is 0 Å². The minimum absolute atomic E-state index is 0.0424. The second kappa shape index (κ2) is 8.35. The van der Waals surface area contributed by atoms with Crippen molar-refractivity contribution in [1.82, 2.24) is 0 Å². The van der Waals surface area contributed by atoms with Crippen LogP contribution in [0.15, 0.2) is 24.3 Å². The van der Waals surface area contributed by atoms with Crippen molar-refractivity contribution in [3.8, 4) is 5.75 Å². The largest absolute Gasteiger partial charge is 0.497 e. The van der Waals surface area contributed by atoms with Gasteiger partial charge in [0.1, 0.15) is 5.75 Å². The van der Waals surface area contributed by atoms with Crippen molar-refractivity contribution in [3.05, 3.63) is 29.8 Å².